The summed E-state index contributed by atoms with van der Waals surface area (Å²) >= 11 is 1.89. The van der Waals surface area contributed by atoms with Crippen LogP contribution >= 0.6 is 11.8 Å². The number of likely N-dealkylation sites (tertiary alicyclic amines) is 1. The van der Waals surface area contributed by atoms with Gasteiger partial charge in [-0.25, -0.2) is 0 Å². The Labute approximate surface area is 251 Å². The molecule has 4 aromatic rings. The van der Waals surface area contributed by atoms with E-state index in [9.17, 15) is 0 Å². The van der Waals surface area contributed by atoms with Gasteiger partial charge in [0.25, 0.3) is 0 Å². The normalized spacial score (nSPS) is 29.9. The van der Waals surface area contributed by atoms with Crippen LogP contribution in [0, 0.1) is 19.3 Å². The Morgan fingerprint density at radius 1 is 0.857 bits per heavy atom. The van der Waals surface area contributed by atoms with E-state index >= 15 is 9.59 Å². The first-order valence-electron chi connectivity index (χ1n) is 14.8. The lowest BCUT2D eigenvalue weighted by Crippen LogP contribution is -2.65. The molecule has 0 radical (unpaired) electrons. The third-order valence-electron chi connectivity index (χ3n) is 10.3. The highest BCUT2D eigenvalue weighted by atomic mass is 32.2. The molecule has 0 aromatic heterocycles. The van der Waals surface area contributed by atoms with Gasteiger partial charge in [0.1, 0.15) is 5.54 Å². The number of carbonyl (C=O) groups excluding carboxylic acids is 2. The molecule has 1 aliphatic carbocycles. The van der Waals surface area contributed by atoms with Crippen LogP contribution in [-0.2, 0) is 10.3 Å². The molecule has 42 heavy (non-hydrogen) atoms. The van der Waals surface area contributed by atoms with Crippen LogP contribution in [0.4, 0.5) is 0 Å². The third kappa shape index (κ3) is 3.27. The minimum absolute atomic E-state index is 0.0716. The number of aryl methyl sites for hydroxylation is 2. The molecule has 3 fully saturated rings. The molecule has 2 spiro atoms. The van der Waals surface area contributed by atoms with Gasteiger partial charge < -0.3 is 4.90 Å². The molecule has 4 nitrogen and oxygen atoms in total. The lowest BCUT2D eigenvalue weighted by Gasteiger charge is -2.51. The summed E-state index contributed by atoms with van der Waals surface area (Å²) in [6, 6.07) is 29.6. The van der Waals surface area contributed by atoms with Gasteiger partial charge in [0.05, 0.1) is 5.41 Å². The first kappa shape index (κ1) is 26.1. The zero-order valence-corrected chi connectivity index (χ0v) is 25.1. The number of rotatable bonds is 2. The van der Waals surface area contributed by atoms with Crippen LogP contribution in [0.5, 0.6) is 0 Å². The van der Waals surface area contributed by atoms with Gasteiger partial charge in [0.15, 0.2) is 11.6 Å². The number of fused-ring (bicyclic) bond motifs is 4. The van der Waals surface area contributed by atoms with Gasteiger partial charge >= 0.3 is 0 Å². The largest absolute Gasteiger partial charge is 0.301 e. The fourth-order valence-corrected chi connectivity index (χ4v) is 10.0. The lowest BCUT2D eigenvalue weighted by molar-refractivity contribution is -0.134. The highest BCUT2D eigenvalue weighted by Gasteiger charge is 2.78. The standard InChI is InChI=1S/C37H34N2O2S/c1-23-10-14-25(15-11-23)18-28-19-38(3)21-36(34(28)40)33(27-16-12-24(2)13-17-27)31-20-42-22-39(31)37(36)30-9-5-7-26-6-4-8-29(32(26)30)35(37)41/h4-18,31,33H,19-22H2,1-3H3/b28-18+/t31-,33-,36-,37-/m0/s1. The van der Waals surface area contributed by atoms with E-state index in [1.54, 1.807) is 0 Å². The lowest BCUT2D eigenvalue weighted by atomic mass is 9.55. The Morgan fingerprint density at radius 3 is 2.29 bits per heavy atom. The topological polar surface area (TPSA) is 40.6 Å². The predicted octanol–water partition coefficient (Wildman–Crippen LogP) is 6.61. The Hall–Kier alpha value is -3.51. The molecule has 0 bridgehead atoms. The second-order valence-electron chi connectivity index (χ2n) is 12.7. The van der Waals surface area contributed by atoms with Gasteiger partial charge in [-0.3, -0.25) is 14.5 Å². The zero-order valence-electron chi connectivity index (χ0n) is 24.3. The highest BCUT2D eigenvalue weighted by Crippen LogP contribution is 2.69. The SMILES string of the molecule is Cc1ccc(/C=C2\CN(C)C[C@@]3(C2=O)[C@@H](c2ccc(C)cc2)[C@@H]2CSCN2[C@@]32C(=O)c3cccc4cccc2c34)cc1. The van der Waals surface area contributed by atoms with Gasteiger partial charge in [-0.1, -0.05) is 96.1 Å². The molecule has 0 saturated carbocycles. The van der Waals surface area contributed by atoms with Crippen LogP contribution in [-0.4, -0.2) is 59.2 Å². The van der Waals surface area contributed by atoms with E-state index in [2.05, 4.69) is 110 Å². The summed E-state index contributed by atoms with van der Waals surface area (Å²) < 4.78 is 0. The molecule has 8 rings (SSSR count). The molecule has 3 heterocycles. The number of nitrogens with zero attached hydrogens (tertiary/aromatic N) is 2. The summed E-state index contributed by atoms with van der Waals surface area (Å²) in [5.41, 5.74) is 5.06. The van der Waals surface area contributed by atoms with Crippen molar-refractivity contribution in [3.05, 3.63) is 124 Å². The molecular weight excluding hydrogens is 536 g/mol. The second kappa shape index (κ2) is 9.24. The summed E-state index contributed by atoms with van der Waals surface area (Å²) in [5, 5.41) is 2.09. The number of piperidine rings is 1. The molecule has 210 valence electrons. The summed E-state index contributed by atoms with van der Waals surface area (Å²) in [7, 11) is 2.11. The summed E-state index contributed by atoms with van der Waals surface area (Å²) in [6.45, 7) is 5.28. The fraction of sp³-hybridized carbons (Fsp3) is 0.297. The number of hydrogen-bond donors (Lipinski definition) is 0. The van der Waals surface area contributed by atoms with E-state index < -0.39 is 11.0 Å². The molecule has 0 unspecified atom stereocenters. The van der Waals surface area contributed by atoms with Gasteiger partial charge in [-0.05, 0) is 54.4 Å². The van der Waals surface area contributed by atoms with Crippen LogP contribution in [0.25, 0.3) is 16.8 Å². The molecule has 5 heteroatoms. The van der Waals surface area contributed by atoms with Crippen molar-refractivity contribution in [2.75, 3.05) is 31.8 Å². The number of benzene rings is 4. The summed E-state index contributed by atoms with van der Waals surface area (Å²) in [4.78, 5) is 35.5. The van der Waals surface area contributed by atoms with Crippen molar-refractivity contribution in [2.24, 2.45) is 5.41 Å². The number of carbonyl (C=O) groups is 2. The van der Waals surface area contributed by atoms with Crippen molar-refractivity contribution in [2.45, 2.75) is 31.3 Å². The quantitative estimate of drug-likeness (QED) is 0.254. The van der Waals surface area contributed by atoms with Gasteiger partial charge in [0.2, 0.25) is 0 Å². The molecule has 0 N–H and O–H groups in total. The summed E-state index contributed by atoms with van der Waals surface area (Å²) in [5.74, 6) is 1.73. The smallest absolute Gasteiger partial charge is 0.189 e. The van der Waals surface area contributed by atoms with Crippen molar-refractivity contribution < 1.29 is 9.59 Å². The minimum atomic E-state index is -1.07. The number of Topliss-reactive ketones (excluding diaryl/α,β-unsaturated/α-hetero) is 2. The number of likely N-dealkylation sites (N-methyl/N-ethyl adjacent to an activating group) is 1. The van der Waals surface area contributed by atoms with Crippen molar-refractivity contribution in [1.82, 2.24) is 9.80 Å². The number of hydrogen-bond acceptors (Lipinski definition) is 5. The fourth-order valence-electron chi connectivity index (χ4n) is 8.74. The average Bonchev–Trinajstić information content (AvgIpc) is 3.62. The molecule has 4 atom stereocenters. The number of thioether (sulfide) groups is 1. The first-order valence-corrected chi connectivity index (χ1v) is 16.0. The molecule has 4 aliphatic rings. The van der Waals surface area contributed by atoms with Crippen LogP contribution in [0.15, 0.2) is 90.5 Å². The van der Waals surface area contributed by atoms with Crippen LogP contribution in [0.2, 0.25) is 0 Å². The molecule has 4 aromatic carbocycles. The first-order chi connectivity index (χ1) is 20.4. The van der Waals surface area contributed by atoms with Crippen molar-refractivity contribution in [3.63, 3.8) is 0 Å². The number of ketones is 2. The van der Waals surface area contributed by atoms with E-state index in [1.807, 2.05) is 23.9 Å². The van der Waals surface area contributed by atoms with Gasteiger partial charge in [-0.15, -0.1) is 11.8 Å². The average molecular weight is 571 g/mol. The van der Waals surface area contributed by atoms with Crippen LogP contribution < -0.4 is 0 Å². The van der Waals surface area contributed by atoms with Gasteiger partial charge in [-0.2, -0.15) is 0 Å². The summed E-state index contributed by atoms with van der Waals surface area (Å²) in [6.07, 6.45) is 2.07. The zero-order chi connectivity index (χ0) is 28.8. The van der Waals surface area contributed by atoms with E-state index in [0.29, 0.717) is 13.1 Å². The second-order valence-corrected chi connectivity index (χ2v) is 13.7. The molecule has 0 amide bonds. The third-order valence-corrected chi connectivity index (χ3v) is 11.3. The Balaban J connectivity index is 1.45. The van der Waals surface area contributed by atoms with Crippen molar-refractivity contribution >= 4 is 40.2 Å². The monoisotopic (exact) mass is 570 g/mol. The van der Waals surface area contributed by atoms with Crippen LogP contribution in [0.3, 0.4) is 0 Å². The maximum Gasteiger partial charge on any atom is 0.189 e. The van der Waals surface area contributed by atoms with E-state index in [1.165, 1.54) is 11.1 Å². The maximum absolute atomic E-state index is 15.5. The Bertz CT molecular complexity index is 1810. The Kier molecular flexibility index (Phi) is 5.75. The van der Waals surface area contributed by atoms with E-state index in [4.69, 9.17) is 0 Å². The highest BCUT2D eigenvalue weighted by molar-refractivity contribution is 7.99. The van der Waals surface area contributed by atoms with Gasteiger partial charge in [0, 0.05) is 47.8 Å². The Morgan fingerprint density at radius 2 is 1.55 bits per heavy atom. The van der Waals surface area contributed by atoms with Crippen molar-refractivity contribution in [3.8, 4) is 0 Å². The molecule has 3 saturated heterocycles. The molecule has 3 aliphatic heterocycles. The minimum Gasteiger partial charge on any atom is -0.301 e. The van der Waals surface area contributed by atoms with E-state index in [-0.39, 0.29) is 23.5 Å². The molecular formula is C37H34N2O2S. The van der Waals surface area contributed by atoms with Crippen molar-refractivity contribution in [1.29, 1.82) is 0 Å². The van der Waals surface area contributed by atoms with E-state index in [0.717, 1.165) is 50.2 Å². The maximum atomic E-state index is 15.5. The predicted molar refractivity (Wildman–Crippen MR) is 171 cm³/mol. The van der Waals surface area contributed by atoms with Crippen LogP contribution in [0.1, 0.15) is 44.1 Å².